The van der Waals surface area contributed by atoms with Crippen molar-refractivity contribution in [3.8, 4) is 0 Å². The smallest absolute Gasteiger partial charge is 0.368 e. The highest BCUT2D eigenvalue weighted by molar-refractivity contribution is 7.80. The number of amides is 3. The van der Waals surface area contributed by atoms with Gasteiger partial charge in [-0.2, -0.15) is 13.5 Å². The van der Waals surface area contributed by atoms with Crippen molar-refractivity contribution < 1.29 is 32.3 Å². The fraction of sp³-hybridized carbons (Fsp3) is 0.714. The predicted octanol–water partition coefficient (Wildman–Crippen LogP) is -1.53. The molecule has 2 atom stereocenters. The zero-order valence-corrected chi connectivity index (χ0v) is 9.05. The van der Waals surface area contributed by atoms with E-state index in [4.69, 9.17) is 15.8 Å². The van der Waals surface area contributed by atoms with Crippen molar-refractivity contribution in [2.24, 2.45) is 5.73 Å². The average Bonchev–Trinajstić information content (AvgIpc) is 2.38. The number of hydrogen-bond acceptors (Lipinski definition) is 5. The predicted molar refractivity (Wildman–Crippen MR) is 52.6 cm³/mol. The topological polar surface area (TPSA) is 130 Å². The lowest BCUT2D eigenvalue weighted by molar-refractivity contribution is -0.122. The highest BCUT2D eigenvalue weighted by atomic mass is 32.3. The summed E-state index contributed by atoms with van der Waals surface area (Å²) in [7, 11) is -5.13. The second kappa shape index (κ2) is 3.82. The molecule has 2 fully saturated rings. The zero-order chi connectivity index (χ0) is 16.4. The molecule has 0 spiro atoms. The average molecular weight is 269 g/mol. The third-order valence-corrected chi connectivity index (χ3v) is 2.52. The van der Waals surface area contributed by atoms with E-state index in [-0.39, 0.29) is 9.96 Å². The van der Waals surface area contributed by atoms with Crippen LogP contribution < -0.4 is 5.73 Å². The number of piperidine rings is 1. The van der Waals surface area contributed by atoms with Crippen LogP contribution in [0, 0.1) is 0 Å². The molecule has 2 rings (SSSR count). The summed E-state index contributed by atoms with van der Waals surface area (Å²) in [5, 5.41) is -0.00387. The molecular weight excluding hydrogens is 254 g/mol. The van der Waals surface area contributed by atoms with Crippen LogP contribution in [0.25, 0.3) is 0 Å². The fourth-order valence-corrected chi connectivity index (χ4v) is 1.92. The Balaban J connectivity index is 2.53. The molecule has 2 heterocycles. The Labute approximate surface area is 103 Å². The molecule has 2 saturated heterocycles. The Morgan fingerprint density at radius 2 is 2.29 bits per heavy atom. The molecule has 0 unspecified atom stereocenters. The standard InChI is InChI=1S/C7H11N3O6S/c8-6(11)5-2-1-4-3-9(5)7(12)10(4)16-17(13,14)15/h4-5H,1-3H2,(H2,8,11)(H,13,14,15)/t4-,5+/m1/s1/i2D2,3D2. The molecule has 2 aliphatic rings. The van der Waals surface area contributed by atoms with Crippen LogP contribution in [0.4, 0.5) is 4.79 Å². The quantitative estimate of drug-likeness (QED) is 0.598. The van der Waals surface area contributed by atoms with Crippen LogP contribution >= 0.6 is 0 Å². The van der Waals surface area contributed by atoms with Crippen LogP contribution in [0.3, 0.4) is 0 Å². The Hall–Kier alpha value is -1.39. The molecule has 3 N–H and O–H groups in total. The maximum Gasteiger partial charge on any atom is 0.418 e. The van der Waals surface area contributed by atoms with Crippen LogP contribution in [0.2, 0.25) is 0 Å². The Kier molecular flexibility index (Phi) is 1.76. The summed E-state index contributed by atoms with van der Waals surface area (Å²) in [5.74, 6) is -1.29. The summed E-state index contributed by atoms with van der Waals surface area (Å²) in [4.78, 5) is 23.6. The first-order chi connectivity index (χ1) is 9.29. The molecule has 17 heavy (non-hydrogen) atoms. The Morgan fingerprint density at radius 3 is 2.82 bits per heavy atom. The van der Waals surface area contributed by atoms with Crippen molar-refractivity contribution >= 4 is 22.3 Å². The van der Waals surface area contributed by atoms with Crippen molar-refractivity contribution in [3.63, 3.8) is 0 Å². The number of rotatable bonds is 3. The number of nitrogens with zero attached hydrogens (tertiary/aromatic N) is 2. The van der Waals surface area contributed by atoms with Gasteiger partial charge in [0.1, 0.15) is 6.04 Å². The van der Waals surface area contributed by atoms with Crippen LogP contribution in [0.1, 0.15) is 18.3 Å². The summed E-state index contributed by atoms with van der Waals surface area (Å²) < 4.78 is 65.0. The minimum Gasteiger partial charge on any atom is -0.368 e. The molecule has 2 bridgehead atoms. The minimum absolute atomic E-state index is 0.00387. The normalized spacial score (nSPS) is 38.1. The molecule has 10 heteroatoms. The van der Waals surface area contributed by atoms with E-state index in [1.807, 2.05) is 0 Å². The maximum absolute atomic E-state index is 12.0. The van der Waals surface area contributed by atoms with Crippen molar-refractivity contribution in [3.05, 3.63) is 0 Å². The van der Waals surface area contributed by atoms with Gasteiger partial charge in [0.05, 0.1) is 8.78 Å². The van der Waals surface area contributed by atoms with E-state index >= 15 is 0 Å². The van der Waals surface area contributed by atoms with Gasteiger partial charge in [0.2, 0.25) is 5.91 Å². The van der Waals surface area contributed by atoms with Gasteiger partial charge < -0.3 is 10.6 Å². The van der Waals surface area contributed by atoms with E-state index < -0.39 is 53.7 Å². The highest BCUT2D eigenvalue weighted by Crippen LogP contribution is 2.30. The monoisotopic (exact) mass is 269 g/mol. The Bertz CT molecular complexity index is 609. The van der Waals surface area contributed by atoms with Gasteiger partial charge in [0, 0.05) is 9.24 Å². The molecule has 3 amide bonds. The van der Waals surface area contributed by atoms with Crippen LogP contribution in [0.15, 0.2) is 0 Å². The summed E-state index contributed by atoms with van der Waals surface area (Å²) >= 11 is 0. The number of fused-ring (bicyclic) bond motifs is 2. The summed E-state index contributed by atoms with van der Waals surface area (Å²) in [6, 6.07) is -5.04. The SMILES string of the molecule is [2H]C1([2H])C[C@H]2N(OS(=O)(=O)O)C(=O)N([C@@H]1C(N)=O)C2([2H])[2H]. The van der Waals surface area contributed by atoms with E-state index in [0.29, 0.717) is 0 Å². The number of carbonyl (C=O) groups excluding carboxylic acids is 2. The van der Waals surface area contributed by atoms with E-state index in [9.17, 15) is 18.0 Å². The largest absolute Gasteiger partial charge is 0.418 e. The van der Waals surface area contributed by atoms with Crippen molar-refractivity contribution in [1.82, 2.24) is 9.96 Å². The van der Waals surface area contributed by atoms with Crippen molar-refractivity contribution in [1.29, 1.82) is 0 Å². The Morgan fingerprint density at radius 1 is 1.65 bits per heavy atom. The van der Waals surface area contributed by atoms with Gasteiger partial charge in [-0.25, -0.2) is 4.79 Å². The zero-order valence-electron chi connectivity index (χ0n) is 12.2. The molecule has 96 valence electrons. The molecule has 0 aromatic carbocycles. The lowest BCUT2D eigenvalue weighted by atomic mass is 10.0. The molecule has 0 aromatic heterocycles. The van der Waals surface area contributed by atoms with Gasteiger partial charge in [-0.3, -0.25) is 9.35 Å². The second-order valence-electron chi connectivity index (χ2n) is 3.34. The number of carbonyl (C=O) groups is 2. The number of urea groups is 1. The third-order valence-electron chi connectivity index (χ3n) is 2.17. The van der Waals surface area contributed by atoms with E-state index in [0.717, 1.165) is 0 Å². The number of primary amides is 1. The van der Waals surface area contributed by atoms with Gasteiger partial charge in [0.25, 0.3) is 0 Å². The summed E-state index contributed by atoms with van der Waals surface area (Å²) in [6.07, 6.45) is -3.14. The minimum atomic E-state index is -5.13. The first-order valence-corrected chi connectivity index (χ1v) is 5.74. The van der Waals surface area contributed by atoms with Crippen LogP contribution in [-0.2, 0) is 19.5 Å². The molecule has 9 nitrogen and oxygen atoms in total. The van der Waals surface area contributed by atoms with Crippen LogP contribution in [0.5, 0.6) is 0 Å². The molecule has 0 saturated carbocycles. The van der Waals surface area contributed by atoms with Crippen molar-refractivity contribution in [2.45, 2.75) is 24.9 Å². The highest BCUT2D eigenvalue weighted by Gasteiger charge is 2.48. The van der Waals surface area contributed by atoms with Gasteiger partial charge in [-0.05, 0) is 12.8 Å². The van der Waals surface area contributed by atoms with Crippen molar-refractivity contribution in [2.75, 3.05) is 6.50 Å². The maximum atomic E-state index is 12.0. The first kappa shape index (κ1) is 7.84. The summed E-state index contributed by atoms with van der Waals surface area (Å²) in [6.45, 7) is -2.60. The van der Waals surface area contributed by atoms with Crippen LogP contribution in [-0.4, -0.2) is 53.5 Å². The number of nitrogens with two attached hydrogens (primary N) is 1. The molecule has 0 aromatic rings. The van der Waals surface area contributed by atoms with E-state index in [1.54, 1.807) is 0 Å². The molecule has 2 aliphatic heterocycles. The number of hydrogen-bond donors (Lipinski definition) is 2. The lowest BCUT2D eigenvalue weighted by Gasteiger charge is -2.27. The van der Waals surface area contributed by atoms with Gasteiger partial charge in [-0.15, -0.1) is 4.28 Å². The fourth-order valence-electron chi connectivity index (χ4n) is 1.55. The molecule has 0 aliphatic carbocycles. The van der Waals surface area contributed by atoms with E-state index in [1.165, 1.54) is 0 Å². The summed E-state index contributed by atoms with van der Waals surface area (Å²) in [5.41, 5.74) is 5.02. The van der Waals surface area contributed by atoms with E-state index in [2.05, 4.69) is 4.28 Å². The molecular formula is C7H11N3O6S. The lowest BCUT2D eigenvalue weighted by Crippen LogP contribution is -2.47. The van der Waals surface area contributed by atoms with Gasteiger partial charge in [0.15, 0.2) is 0 Å². The van der Waals surface area contributed by atoms with Gasteiger partial charge >= 0.3 is 16.4 Å². The first-order valence-electron chi connectivity index (χ1n) is 6.38. The van der Waals surface area contributed by atoms with Gasteiger partial charge in [-0.1, -0.05) is 0 Å². The number of hydroxylamine groups is 2. The third kappa shape index (κ3) is 2.18. The molecule has 0 radical (unpaired) electrons. The second-order valence-corrected chi connectivity index (χ2v) is 4.34.